The number of hydrogen-bond donors (Lipinski definition) is 1. The highest BCUT2D eigenvalue weighted by Crippen LogP contribution is 2.42. The number of carboxylic acid groups (broad SMARTS) is 1. The maximum Gasteiger partial charge on any atom is 0.312 e. The molecular formula is C19H25FN2O3. The van der Waals surface area contributed by atoms with Gasteiger partial charge in [-0.05, 0) is 17.7 Å². The molecule has 2 aliphatic heterocycles. The van der Waals surface area contributed by atoms with Crippen LogP contribution in [0, 0.1) is 17.2 Å². The van der Waals surface area contributed by atoms with Crippen LogP contribution >= 0.6 is 0 Å². The Balaban J connectivity index is 1.58. The minimum absolute atomic E-state index is 0.154. The van der Waals surface area contributed by atoms with Gasteiger partial charge in [0, 0.05) is 52.3 Å². The van der Waals surface area contributed by atoms with Gasteiger partial charge in [-0.15, -0.1) is 0 Å². The van der Waals surface area contributed by atoms with E-state index in [2.05, 4.69) is 9.80 Å². The Morgan fingerprint density at radius 1 is 1.32 bits per heavy atom. The highest BCUT2D eigenvalue weighted by molar-refractivity contribution is 5.77. The number of carbonyl (C=O) groups is 1. The Hall–Kier alpha value is -1.76. The summed E-state index contributed by atoms with van der Waals surface area (Å²) >= 11 is 0. The van der Waals surface area contributed by atoms with E-state index in [1.807, 2.05) is 12.2 Å². The number of carboxylic acids is 1. The molecule has 0 radical (unpaired) electrons. The molecule has 0 bridgehead atoms. The quantitative estimate of drug-likeness (QED) is 0.814. The van der Waals surface area contributed by atoms with Crippen molar-refractivity contribution >= 4 is 12.0 Å². The Morgan fingerprint density at radius 2 is 2.00 bits per heavy atom. The molecule has 0 spiro atoms. The first-order chi connectivity index (χ1) is 12.0. The molecule has 2 aliphatic rings. The molecule has 25 heavy (non-hydrogen) atoms. The molecule has 3 rings (SSSR count). The standard InChI is InChI=1S/C19H25FN2O3/c1-25-10-9-22-12-16-11-21(13-19(16,14-22)18(23)24)8-2-3-15-4-6-17(20)7-5-15/h2-7,16H,8-14H2,1H3,(H,23,24)/b3-2+/t16-,19-/m1/s1. The average Bonchev–Trinajstić information content (AvgIpc) is 3.09. The molecule has 2 heterocycles. The zero-order valence-electron chi connectivity index (χ0n) is 14.5. The molecule has 136 valence electrons. The van der Waals surface area contributed by atoms with E-state index in [-0.39, 0.29) is 11.7 Å². The summed E-state index contributed by atoms with van der Waals surface area (Å²) in [4.78, 5) is 16.4. The molecular weight excluding hydrogens is 323 g/mol. The fourth-order valence-corrected chi connectivity index (χ4v) is 4.02. The highest BCUT2D eigenvalue weighted by atomic mass is 19.1. The van der Waals surface area contributed by atoms with Gasteiger partial charge in [0.25, 0.3) is 0 Å². The van der Waals surface area contributed by atoms with E-state index < -0.39 is 11.4 Å². The molecule has 0 aliphatic carbocycles. The van der Waals surface area contributed by atoms with Crippen LogP contribution in [0.2, 0.25) is 0 Å². The van der Waals surface area contributed by atoms with Crippen LogP contribution in [-0.2, 0) is 9.53 Å². The topological polar surface area (TPSA) is 53.0 Å². The highest BCUT2D eigenvalue weighted by Gasteiger charge is 2.57. The molecule has 2 atom stereocenters. The smallest absolute Gasteiger partial charge is 0.312 e. The SMILES string of the molecule is COCCN1C[C@H]2CN(C/C=C/c3ccc(F)cc3)C[C@@]2(C(=O)O)C1. The number of benzene rings is 1. The number of fused-ring (bicyclic) bond motifs is 1. The first kappa shape index (κ1) is 18.0. The van der Waals surface area contributed by atoms with E-state index in [0.29, 0.717) is 26.2 Å². The molecule has 0 saturated carbocycles. The van der Waals surface area contributed by atoms with Crippen LogP contribution in [0.4, 0.5) is 4.39 Å². The summed E-state index contributed by atoms with van der Waals surface area (Å²) in [6, 6.07) is 6.34. The Kier molecular flexibility index (Phi) is 5.51. The Morgan fingerprint density at radius 3 is 2.64 bits per heavy atom. The molecule has 1 aromatic carbocycles. The van der Waals surface area contributed by atoms with Gasteiger partial charge in [-0.1, -0.05) is 24.3 Å². The number of methoxy groups -OCH3 is 1. The third-order valence-electron chi connectivity index (χ3n) is 5.33. The number of hydrogen-bond acceptors (Lipinski definition) is 4. The normalized spacial score (nSPS) is 27.2. The number of ether oxygens (including phenoxy) is 1. The summed E-state index contributed by atoms with van der Waals surface area (Å²) in [5.41, 5.74) is 0.275. The summed E-state index contributed by atoms with van der Waals surface area (Å²) in [5, 5.41) is 9.83. The zero-order chi connectivity index (χ0) is 17.9. The van der Waals surface area contributed by atoms with Crippen LogP contribution < -0.4 is 0 Å². The predicted octanol–water partition coefficient (Wildman–Crippen LogP) is 1.80. The van der Waals surface area contributed by atoms with Crippen molar-refractivity contribution in [1.82, 2.24) is 9.80 Å². The molecule has 2 fully saturated rings. The molecule has 0 amide bonds. The third-order valence-corrected chi connectivity index (χ3v) is 5.33. The summed E-state index contributed by atoms with van der Waals surface area (Å²) in [5.74, 6) is -0.783. The minimum atomic E-state index is -0.692. The monoisotopic (exact) mass is 348 g/mol. The maximum absolute atomic E-state index is 12.9. The van der Waals surface area contributed by atoms with E-state index in [1.54, 1.807) is 19.2 Å². The van der Waals surface area contributed by atoms with Crippen LogP contribution in [0.15, 0.2) is 30.3 Å². The van der Waals surface area contributed by atoms with Gasteiger partial charge >= 0.3 is 5.97 Å². The van der Waals surface area contributed by atoms with Crippen LogP contribution in [0.1, 0.15) is 5.56 Å². The van der Waals surface area contributed by atoms with Crippen LogP contribution in [0.5, 0.6) is 0 Å². The lowest BCUT2D eigenvalue weighted by atomic mass is 9.81. The first-order valence-corrected chi connectivity index (χ1v) is 8.62. The predicted molar refractivity (Wildman–Crippen MR) is 93.7 cm³/mol. The van der Waals surface area contributed by atoms with E-state index >= 15 is 0 Å². The fraction of sp³-hybridized carbons (Fsp3) is 0.526. The van der Waals surface area contributed by atoms with Crippen molar-refractivity contribution in [3.63, 3.8) is 0 Å². The second-order valence-electron chi connectivity index (χ2n) is 7.03. The number of rotatable bonds is 7. The van der Waals surface area contributed by atoms with Gasteiger partial charge < -0.3 is 9.84 Å². The van der Waals surface area contributed by atoms with Crippen molar-refractivity contribution in [2.75, 3.05) is 53.0 Å². The lowest BCUT2D eigenvalue weighted by Gasteiger charge is -2.25. The molecule has 5 nitrogen and oxygen atoms in total. The van der Waals surface area contributed by atoms with E-state index in [0.717, 1.165) is 25.2 Å². The second-order valence-corrected chi connectivity index (χ2v) is 7.03. The van der Waals surface area contributed by atoms with Gasteiger partial charge in [-0.2, -0.15) is 0 Å². The molecule has 1 N–H and O–H groups in total. The molecule has 0 aromatic heterocycles. The van der Waals surface area contributed by atoms with E-state index in [4.69, 9.17) is 4.74 Å². The summed E-state index contributed by atoms with van der Waals surface area (Å²) in [6.45, 7) is 4.90. The summed E-state index contributed by atoms with van der Waals surface area (Å²) < 4.78 is 18.0. The second kappa shape index (κ2) is 7.64. The third kappa shape index (κ3) is 3.92. The molecule has 0 unspecified atom stereocenters. The van der Waals surface area contributed by atoms with Crippen molar-refractivity contribution < 1.29 is 19.0 Å². The van der Waals surface area contributed by atoms with Crippen molar-refractivity contribution in [2.45, 2.75) is 0 Å². The Bertz CT molecular complexity index is 634. The van der Waals surface area contributed by atoms with Crippen LogP contribution in [-0.4, -0.2) is 73.9 Å². The summed E-state index contributed by atoms with van der Waals surface area (Å²) in [6.07, 6.45) is 3.97. The number of aliphatic carboxylic acids is 1. The van der Waals surface area contributed by atoms with Gasteiger partial charge in [0.2, 0.25) is 0 Å². The van der Waals surface area contributed by atoms with Gasteiger partial charge in [-0.3, -0.25) is 14.6 Å². The van der Waals surface area contributed by atoms with Gasteiger partial charge in [-0.25, -0.2) is 4.39 Å². The minimum Gasteiger partial charge on any atom is -0.481 e. The lowest BCUT2D eigenvalue weighted by molar-refractivity contribution is -0.148. The maximum atomic E-state index is 12.9. The number of nitrogens with zero attached hydrogens (tertiary/aromatic N) is 2. The fourth-order valence-electron chi connectivity index (χ4n) is 4.02. The van der Waals surface area contributed by atoms with Gasteiger partial charge in [0.15, 0.2) is 0 Å². The molecule has 1 aromatic rings. The largest absolute Gasteiger partial charge is 0.481 e. The Labute approximate surface area is 147 Å². The van der Waals surface area contributed by atoms with Gasteiger partial charge in [0.1, 0.15) is 5.82 Å². The van der Waals surface area contributed by atoms with Crippen molar-refractivity contribution in [1.29, 1.82) is 0 Å². The number of likely N-dealkylation sites (tertiary alicyclic amines) is 2. The van der Waals surface area contributed by atoms with E-state index in [1.165, 1.54) is 12.1 Å². The van der Waals surface area contributed by atoms with Crippen molar-refractivity contribution in [2.24, 2.45) is 11.3 Å². The van der Waals surface area contributed by atoms with E-state index in [9.17, 15) is 14.3 Å². The van der Waals surface area contributed by atoms with Gasteiger partial charge in [0.05, 0.1) is 12.0 Å². The number of halogens is 1. The van der Waals surface area contributed by atoms with Crippen molar-refractivity contribution in [3.05, 3.63) is 41.7 Å². The molecule has 2 saturated heterocycles. The molecule has 6 heteroatoms. The lowest BCUT2D eigenvalue weighted by Crippen LogP contribution is -2.41. The zero-order valence-corrected chi connectivity index (χ0v) is 14.5. The van der Waals surface area contributed by atoms with Crippen LogP contribution in [0.3, 0.4) is 0 Å². The first-order valence-electron chi connectivity index (χ1n) is 8.62. The van der Waals surface area contributed by atoms with Crippen LogP contribution in [0.25, 0.3) is 6.08 Å². The summed E-state index contributed by atoms with van der Waals surface area (Å²) in [7, 11) is 1.67. The van der Waals surface area contributed by atoms with Crippen molar-refractivity contribution in [3.8, 4) is 0 Å². The average molecular weight is 348 g/mol.